The number of benzene rings is 1. The largest absolute Gasteiger partial charge is 0.270 e. The number of hydrogen-bond acceptors (Lipinski definition) is 2. The Kier molecular flexibility index (Phi) is 2.73. The van der Waals surface area contributed by atoms with Crippen molar-refractivity contribution in [2.75, 3.05) is 0 Å². The van der Waals surface area contributed by atoms with Gasteiger partial charge in [-0.25, -0.2) is 0 Å². The minimum Gasteiger partial charge on any atom is -0.258 e. The molecule has 0 unspecified atom stereocenters. The van der Waals surface area contributed by atoms with E-state index in [0.717, 1.165) is 11.5 Å². The zero-order valence-corrected chi connectivity index (χ0v) is 11.4. The molecule has 3 rings (SSSR count). The van der Waals surface area contributed by atoms with Crippen LogP contribution in [-0.2, 0) is 0 Å². The van der Waals surface area contributed by atoms with Gasteiger partial charge < -0.3 is 0 Å². The van der Waals surface area contributed by atoms with Crippen LogP contribution in [0.3, 0.4) is 0 Å². The first-order valence-electron chi connectivity index (χ1n) is 6.95. The molecule has 0 heterocycles. The number of fused-ring (bicyclic) bond motifs is 2. The first kappa shape index (κ1) is 12.4. The van der Waals surface area contributed by atoms with E-state index in [4.69, 9.17) is 0 Å². The van der Waals surface area contributed by atoms with E-state index in [0.29, 0.717) is 5.92 Å². The van der Waals surface area contributed by atoms with E-state index in [9.17, 15) is 10.1 Å². The van der Waals surface area contributed by atoms with Crippen LogP contribution in [0.2, 0.25) is 0 Å². The Balaban J connectivity index is 1.98. The summed E-state index contributed by atoms with van der Waals surface area (Å²) in [5, 5.41) is 10.8. The summed E-state index contributed by atoms with van der Waals surface area (Å²) in [7, 11) is 0. The zero-order valence-electron chi connectivity index (χ0n) is 11.4. The third kappa shape index (κ3) is 1.97. The molecule has 0 radical (unpaired) electrons. The number of nitro groups is 1. The maximum atomic E-state index is 10.8. The monoisotopic (exact) mass is 257 g/mol. The Bertz CT molecular complexity index is 560. The van der Waals surface area contributed by atoms with E-state index >= 15 is 0 Å². The fraction of sp³-hybridized carbons (Fsp3) is 0.500. The molecular weight excluding hydrogens is 238 g/mol. The van der Waals surface area contributed by atoms with Crippen LogP contribution in [0, 0.1) is 27.4 Å². The van der Waals surface area contributed by atoms with Gasteiger partial charge in [0.05, 0.1) is 4.92 Å². The van der Waals surface area contributed by atoms with Crippen LogP contribution in [0.1, 0.15) is 38.7 Å². The summed E-state index contributed by atoms with van der Waals surface area (Å²) in [6.45, 7) is 4.64. The van der Waals surface area contributed by atoms with Gasteiger partial charge in [0, 0.05) is 12.1 Å². The quantitative estimate of drug-likeness (QED) is 0.581. The van der Waals surface area contributed by atoms with Gasteiger partial charge in [-0.3, -0.25) is 10.1 Å². The molecule has 19 heavy (non-hydrogen) atoms. The standard InChI is InChI=1S/C16H19NO2/c1-16(2)13-7-6-12(10-13)15(16)9-11-4-3-5-14(8-11)17(18)19/h3-5,8-9,12-13H,6-7,10H2,1-2H3/b15-9+/t12-,13+/m0/s1. The van der Waals surface area contributed by atoms with Crippen molar-refractivity contribution in [1.29, 1.82) is 0 Å². The van der Waals surface area contributed by atoms with Gasteiger partial charge in [0.2, 0.25) is 0 Å². The number of non-ortho nitro benzene ring substituents is 1. The molecule has 0 aromatic heterocycles. The van der Waals surface area contributed by atoms with Crippen LogP contribution in [0.4, 0.5) is 5.69 Å². The summed E-state index contributed by atoms with van der Waals surface area (Å²) in [5.74, 6) is 1.49. The maximum Gasteiger partial charge on any atom is 0.270 e. The summed E-state index contributed by atoms with van der Waals surface area (Å²) in [6, 6.07) is 6.95. The lowest BCUT2D eigenvalue weighted by molar-refractivity contribution is -0.384. The second-order valence-corrected chi connectivity index (χ2v) is 6.38. The smallest absolute Gasteiger partial charge is 0.258 e. The molecule has 0 amide bonds. The molecule has 0 spiro atoms. The molecule has 1 aromatic rings. The molecule has 1 aromatic carbocycles. The average Bonchev–Trinajstić information content (AvgIpc) is 2.92. The minimum atomic E-state index is -0.325. The molecule has 2 aliphatic rings. The van der Waals surface area contributed by atoms with Crippen molar-refractivity contribution in [3.63, 3.8) is 0 Å². The van der Waals surface area contributed by atoms with Crippen molar-refractivity contribution >= 4 is 11.8 Å². The van der Waals surface area contributed by atoms with Crippen LogP contribution in [0.25, 0.3) is 6.08 Å². The van der Waals surface area contributed by atoms with E-state index < -0.39 is 0 Å². The molecule has 2 fully saturated rings. The highest BCUT2D eigenvalue weighted by Gasteiger charge is 2.48. The Labute approximate surface area is 113 Å². The van der Waals surface area contributed by atoms with Gasteiger partial charge in [-0.15, -0.1) is 0 Å². The molecule has 3 nitrogen and oxygen atoms in total. The molecule has 0 saturated heterocycles. The van der Waals surface area contributed by atoms with E-state index in [1.165, 1.54) is 24.8 Å². The van der Waals surface area contributed by atoms with Gasteiger partial charge >= 0.3 is 0 Å². The Morgan fingerprint density at radius 2 is 2.16 bits per heavy atom. The van der Waals surface area contributed by atoms with Crippen molar-refractivity contribution in [1.82, 2.24) is 0 Å². The van der Waals surface area contributed by atoms with Crippen LogP contribution in [-0.4, -0.2) is 4.92 Å². The van der Waals surface area contributed by atoms with Gasteiger partial charge in [-0.1, -0.05) is 37.6 Å². The predicted octanol–water partition coefficient (Wildman–Crippen LogP) is 4.43. The van der Waals surface area contributed by atoms with Crippen LogP contribution < -0.4 is 0 Å². The minimum absolute atomic E-state index is 0.176. The molecule has 0 N–H and O–H groups in total. The summed E-state index contributed by atoms with van der Waals surface area (Å²) in [6.07, 6.45) is 6.11. The molecule has 2 bridgehead atoms. The van der Waals surface area contributed by atoms with E-state index in [1.807, 2.05) is 6.07 Å². The summed E-state index contributed by atoms with van der Waals surface area (Å²) in [5.41, 5.74) is 2.89. The second kappa shape index (κ2) is 4.19. The molecule has 0 aliphatic heterocycles. The van der Waals surface area contributed by atoms with E-state index in [2.05, 4.69) is 19.9 Å². The SMILES string of the molecule is CC1(C)/C(=C/c2cccc([N+](=O)[O-])c2)[C@H]2CC[C@@H]1C2. The number of nitro benzene ring substituents is 1. The fourth-order valence-corrected chi connectivity index (χ4v) is 3.89. The first-order valence-corrected chi connectivity index (χ1v) is 6.95. The molecule has 3 heteroatoms. The highest BCUT2D eigenvalue weighted by Crippen LogP contribution is 2.59. The van der Waals surface area contributed by atoms with Gasteiger partial charge in [-0.05, 0) is 42.1 Å². The van der Waals surface area contributed by atoms with Crippen LogP contribution in [0.15, 0.2) is 29.8 Å². The highest BCUT2D eigenvalue weighted by atomic mass is 16.6. The van der Waals surface area contributed by atoms with Crippen molar-refractivity contribution in [2.45, 2.75) is 33.1 Å². The molecule has 2 saturated carbocycles. The molecule has 2 aliphatic carbocycles. The van der Waals surface area contributed by atoms with Gasteiger partial charge in [-0.2, -0.15) is 0 Å². The van der Waals surface area contributed by atoms with E-state index in [-0.39, 0.29) is 16.0 Å². The van der Waals surface area contributed by atoms with Gasteiger partial charge in [0.1, 0.15) is 0 Å². The first-order chi connectivity index (χ1) is 8.98. The van der Waals surface area contributed by atoms with Crippen molar-refractivity contribution < 1.29 is 4.92 Å². The number of rotatable bonds is 2. The lowest BCUT2D eigenvalue weighted by atomic mass is 9.72. The summed E-state index contributed by atoms with van der Waals surface area (Å²) < 4.78 is 0. The van der Waals surface area contributed by atoms with Gasteiger partial charge in [0.25, 0.3) is 5.69 Å². The average molecular weight is 257 g/mol. The zero-order chi connectivity index (χ0) is 13.6. The topological polar surface area (TPSA) is 43.1 Å². The van der Waals surface area contributed by atoms with Crippen LogP contribution in [0.5, 0.6) is 0 Å². The third-order valence-electron chi connectivity index (χ3n) is 5.04. The lowest BCUT2D eigenvalue weighted by Crippen LogP contribution is -2.22. The molecular formula is C16H19NO2. The Hall–Kier alpha value is -1.64. The lowest BCUT2D eigenvalue weighted by Gasteiger charge is -2.32. The predicted molar refractivity (Wildman–Crippen MR) is 75.7 cm³/mol. The Morgan fingerprint density at radius 1 is 1.37 bits per heavy atom. The molecule has 2 atom stereocenters. The van der Waals surface area contributed by atoms with Crippen molar-refractivity contribution in [3.05, 3.63) is 45.5 Å². The van der Waals surface area contributed by atoms with Crippen LogP contribution >= 0.6 is 0 Å². The number of hydrogen-bond donors (Lipinski definition) is 0. The van der Waals surface area contributed by atoms with Crippen molar-refractivity contribution in [2.24, 2.45) is 17.3 Å². The summed E-state index contributed by atoms with van der Waals surface area (Å²) in [4.78, 5) is 10.5. The highest BCUT2D eigenvalue weighted by molar-refractivity contribution is 5.59. The Morgan fingerprint density at radius 3 is 2.79 bits per heavy atom. The number of allylic oxidation sites excluding steroid dienone is 1. The van der Waals surface area contributed by atoms with Gasteiger partial charge in [0.15, 0.2) is 0 Å². The number of nitrogens with zero attached hydrogens (tertiary/aromatic N) is 1. The fourth-order valence-electron chi connectivity index (χ4n) is 3.89. The maximum absolute atomic E-state index is 10.8. The second-order valence-electron chi connectivity index (χ2n) is 6.38. The van der Waals surface area contributed by atoms with E-state index in [1.54, 1.807) is 18.2 Å². The summed E-state index contributed by atoms with van der Waals surface area (Å²) >= 11 is 0. The van der Waals surface area contributed by atoms with Crippen molar-refractivity contribution in [3.8, 4) is 0 Å². The molecule has 100 valence electrons. The normalized spacial score (nSPS) is 29.9. The third-order valence-corrected chi connectivity index (χ3v) is 5.04.